The van der Waals surface area contributed by atoms with E-state index < -0.39 is 26.0 Å². The van der Waals surface area contributed by atoms with Crippen molar-refractivity contribution in [3.63, 3.8) is 0 Å². The van der Waals surface area contributed by atoms with Gasteiger partial charge in [0.2, 0.25) is 21.8 Å². The molecule has 12 nitrogen and oxygen atoms in total. The summed E-state index contributed by atoms with van der Waals surface area (Å²) in [6.07, 6.45) is 3.92. The number of carbonyl (C=O) groups is 2. The van der Waals surface area contributed by atoms with Crippen molar-refractivity contribution in [2.24, 2.45) is 5.41 Å². The van der Waals surface area contributed by atoms with Gasteiger partial charge in [0.1, 0.15) is 11.2 Å². The van der Waals surface area contributed by atoms with Crippen LogP contribution in [-0.4, -0.2) is 67.7 Å². The maximum Gasteiger partial charge on any atom is 0.289 e. The number of pyridine rings is 1. The van der Waals surface area contributed by atoms with Crippen molar-refractivity contribution < 1.29 is 27.7 Å². The van der Waals surface area contributed by atoms with Crippen molar-refractivity contribution in [2.45, 2.75) is 38.5 Å². The summed E-state index contributed by atoms with van der Waals surface area (Å²) in [5.41, 5.74) is 0.229. The van der Waals surface area contributed by atoms with Crippen molar-refractivity contribution in [3.8, 4) is 5.75 Å². The first-order chi connectivity index (χ1) is 20.4. The molecule has 1 aromatic heterocycles. The maximum atomic E-state index is 13.6. The number of sulfonamides is 1. The van der Waals surface area contributed by atoms with E-state index in [1.807, 2.05) is 13.0 Å². The third kappa shape index (κ3) is 6.52. The smallest absolute Gasteiger partial charge is 0.289 e. The number of hydrogen-bond donors (Lipinski definition) is 0. The van der Waals surface area contributed by atoms with Crippen LogP contribution in [0.4, 0.5) is 17.1 Å². The Hall–Kier alpha value is -4.36. The minimum Gasteiger partial charge on any atom is -0.493 e. The first-order valence-electron chi connectivity index (χ1n) is 13.9. The molecular formula is C30H35N5O7S. The monoisotopic (exact) mass is 609 g/mol. The van der Waals surface area contributed by atoms with Crippen LogP contribution in [0.1, 0.15) is 32.8 Å². The van der Waals surface area contributed by atoms with Crippen LogP contribution < -0.4 is 14.5 Å². The van der Waals surface area contributed by atoms with Gasteiger partial charge in [-0.05, 0) is 63.4 Å². The van der Waals surface area contributed by atoms with E-state index >= 15 is 0 Å². The highest BCUT2D eigenvalue weighted by atomic mass is 32.2. The van der Waals surface area contributed by atoms with E-state index in [2.05, 4.69) is 4.98 Å². The van der Waals surface area contributed by atoms with Crippen LogP contribution in [0.15, 0.2) is 71.9 Å². The highest BCUT2D eigenvalue weighted by Crippen LogP contribution is 2.40. The zero-order valence-corrected chi connectivity index (χ0v) is 25.4. The largest absolute Gasteiger partial charge is 0.493 e. The Morgan fingerprint density at radius 1 is 1.02 bits per heavy atom. The summed E-state index contributed by atoms with van der Waals surface area (Å²) in [5, 5.41) is 11.6. The average molecular weight is 610 g/mol. The van der Waals surface area contributed by atoms with Crippen molar-refractivity contribution in [1.29, 1.82) is 0 Å². The number of hydrogen-bond acceptors (Lipinski definition) is 8. The third-order valence-corrected chi connectivity index (χ3v) is 9.35. The SMILES string of the molecule is CCN1C(=O)C(C)(C)C(=O)N(C)c2cc(OCCCN(CCc3cccnc3)S(=O)(=O)c3ccccc3[N+](=O)[O-])ccc21. The minimum absolute atomic E-state index is 0.0459. The molecule has 228 valence electrons. The molecule has 0 saturated carbocycles. The number of benzene rings is 2. The average Bonchev–Trinajstić information content (AvgIpc) is 3.05. The zero-order valence-electron chi connectivity index (χ0n) is 24.6. The highest BCUT2D eigenvalue weighted by Gasteiger charge is 2.45. The second kappa shape index (κ2) is 12.9. The number of amides is 2. The van der Waals surface area contributed by atoms with Gasteiger partial charge < -0.3 is 14.5 Å². The van der Waals surface area contributed by atoms with Crippen LogP contribution in [0.3, 0.4) is 0 Å². The lowest BCUT2D eigenvalue weighted by molar-refractivity contribution is -0.387. The molecule has 0 radical (unpaired) electrons. The number of nitrogens with zero attached hydrogens (tertiary/aromatic N) is 5. The van der Waals surface area contributed by atoms with Crippen molar-refractivity contribution in [1.82, 2.24) is 9.29 Å². The van der Waals surface area contributed by atoms with Crippen LogP contribution in [-0.2, 0) is 26.0 Å². The van der Waals surface area contributed by atoms with Gasteiger partial charge >= 0.3 is 0 Å². The second-order valence-electron chi connectivity index (χ2n) is 10.6. The maximum absolute atomic E-state index is 13.6. The number of rotatable bonds is 12. The number of anilines is 2. The van der Waals surface area contributed by atoms with Gasteiger partial charge in [0, 0.05) is 51.2 Å². The van der Waals surface area contributed by atoms with E-state index in [9.17, 15) is 28.1 Å². The van der Waals surface area contributed by atoms with E-state index in [0.717, 1.165) is 5.56 Å². The number of nitro benzene ring substituents is 1. The molecule has 0 aliphatic carbocycles. The Balaban J connectivity index is 1.52. The van der Waals surface area contributed by atoms with Gasteiger partial charge in [-0.2, -0.15) is 4.31 Å². The molecule has 2 amide bonds. The normalized spacial score (nSPS) is 14.9. The van der Waals surface area contributed by atoms with E-state index in [0.29, 0.717) is 30.1 Å². The Labute approximate surface area is 251 Å². The first-order valence-corrected chi connectivity index (χ1v) is 15.3. The predicted molar refractivity (Wildman–Crippen MR) is 162 cm³/mol. The Bertz CT molecular complexity index is 1610. The fourth-order valence-corrected chi connectivity index (χ4v) is 6.66. The second-order valence-corrected chi connectivity index (χ2v) is 12.5. The number of nitro groups is 1. The molecule has 0 N–H and O–H groups in total. The molecule has 0 saturated heterocycles. The Morgan fingerprint density at radius 3 is 2.44 bits per heavy atom. The van der Waals surface area contributed by atoms with Gasteiger partial charge in [-0.25, -0.2) is 8.42 Å². The fraction of sp³-hybridized carbons (Fsp3) is 0.367. The van der Waals surface area contributed by atoms with E-state index in [4.69, 9.17) is 4.74 Å². The van der Waals surface area contributed by atoms with Crippen LogP contribution >= 0.6 is 0 Å². The fourth-order valence-electron chi connectivity index (χ4n) is 5.02. The van der Waals surface area contributed by atoms with Crippen molar-refractivity contribution >= 4 is 38.9 Å². The summed E-state index contributed by atoms with van der Waals surface area (Å²) in [4.78, 5) is 43.9. The van der Waals surface area contributed by atoms with E-state index in [-0.39, 0.29) is 42.8 Å². The summed E-state index contributed by atoms with van der Waals surface area (Å²) in [6, 6.07) is 14.0. The molecule has 0 atom stereocenters. The highest BCUT2D eigenvalue weighted by molar-refractivity contribution is 7.89. The van der Waals surface area contributed by atoms with Gasteiger partial charge in [0.15, 0.2) is 4.90 Å². The molecule has 0 spiro atoms. The number of fused-ring (bicyclic) bond motifs is 1. The molecule has 0 fully saturated rings. The lowest BCUT2D eigenvalue weighted by atomic mass is 9.90. The van der Waals surface area contributed by atoms with Gasteiger partial charge in [-0.15, -0.1) is 0 Å². The van der Waals surface area contributed by atoms with Crippen LogP contribution in [0.2, 0.25) is 0 Å². The quantitative estimate of drug-likeness (QED) is 0.130. The van der Waals surface area contributed by atoms with Crippen LogP contribution in [0, 0.1) is 15.5 Å². The number of aromatic nitrogens is 1. The lowest BCUT2D eigenvalue weighted by Crippen LogP contribution is -2.47. The summed E-state index contributed by atoms with van der Waals surface area (Å²) >= 11 is 0. The number of carbonyl (C=O) groups excluding carboxylic acids is 2. The molecule has 3 aromatic rings. The van der Waals surface area contributed by atoms with Gasteiger partial charge in [0.25, 0.3) is 5.69 Å². The summed E-state index contributed by atoms with van der Waals surface area (Å²) in [5.74, 6) is -0.174. The van der Waals surface area contributed by atoms with Gasteiger partial charge in [0.05, 0.1) is 22.9 Å². The summed E-state index contributed by atoms with van der Waals surface area (Å²) < 4.78 is 34.5. The molecule has 1 aliphatic rings. The molecule has 2 aromatic carbocycles. The molecule has 0 bridgehead atoms. The number of para-hydroxylation sites is 1. The minimum atomic E-state index is -4.21. The Kier molecular flexibility index (Phi) is 9.46. The molecule has 13 heteroatoms. The standard InChI is InChI=1S/C30H35N5O7S/c1-5-34-24-14-13-23(20-26(24)32(4)28(36)30(2,3)29(34)37)42-19-9-17-33(18-15-22-10-8-16-31-21-22)43(40,41)27-12-7-6-11-25(27)35(38)39/h6-8,10-14,16,20-21H,5,9,15,17-19H2,1-4H3. The zero-order chi connectivity index (χ0) is 31.4. The third-order valence-electron chi connectivity index (χ3n) is 7.41. The van der Waals surface area contributed by atoms with Crippen LogP contribution in [0.5, 0.6) is 5.75 Å². The van der Waals surface area contributed by atoms with E-state index in [1.165, 1.54) is 33.5 Å². The van der Waals surface area contributed by atoms with Crippen molar-refractivity contribution in [3.05, 3.63) is 82.7 Å². The summed E-state index contributed by atoms with van der Waals surface area (Å²) in [7, 11) is -2.59. The van der Waals surface area contributed by atoms with Crippen molar-refractivity contribution in [2.75, 3.05) is 43.1 Å². The molecule has 4 rings (SSSR count). The Morgan fingerprint density at radius 2 is 1.77 bits per heavy atom. The lowest BCUT2D eigenvalue weighted by Gasteiger charge is -2.27. The van der Waals surface area contributed by atoms with Gasteiger partial charge in [-0.1, -0.05) is 18.2 Å². The van der Waals surface area contributed by atoms with E-state index in [1.54, 1.807) is 62.5 Å². The van der Waals surface area contributed by atoms with Crippen LogP contribution in [0.25, 0.3) is 0 Å². The number of ether oxygens (including phenoxy) is 1. The molecular weight excluding hydrogens is 574 g/mol. The first kappa shape index (κ1) is 31.6. The summed E-state index contributed by atoms with van der Waals surface area (Å²) in [6.45, 7) is 5.72. The molecule has 2 heterocycles. The van der Waals surface area contributed by atoms with Gasteiger partial charge in [-0.3, -0.25) is 24.7 Å². The molecule has 0 unspecified atom stereocenters. The molecule has 43 heavy (non-hydrogen) atoms. The molecule has 1 aliphatic heterocycles. The topological polar surface area (TPSA) is 143 Å². The predicted octanol–water partition coefficient (Wildman–Crippen LogP) is 4.05.